The molecular formula is C12H21NO2. The van der Waals surface area contributed by atoms with Crippen LogP contribution in [-0.2, 0) is 4.79 Å². The van der Waals surface area contributed by atoms with Gasteiger partial charge in [-0.15, -0.1) is 0 Å². The maximum atomic E-state index is 12.0. The molecule has 0 aromatic carbocycles. The first kappa shape index (κ1) is 10.9. The van der Waals surface area contributed by atoms with Gasteiger partial charge in [0.05, 0.1) is 12.6 Å². The Hall–Kier alpha value is -0.570. The van der Waals surface area contributed by atoms with E-state index in [1.54, 1.807) is 0 Å². The minimum atomic E-state index is 0.103. The molecule has 0 spiro atoms. The normalized spacial score (nSPS) is 27.5. The predicted octanol–water partition coefficient (Wildman–Crippen LogP) is 1.55. The van der Waals surface area contributed by atoms with Gasteiger partial charge >= 0.3 is 0 Å². The smallest absolute Gasteiger partial charge is 0.223 e. The number of aliphatic hydroxyl groups is 1. The molecule has 1 saturated heterocycles. The Balaban J connectivity index is 1.85. The van der Waals surface area contributed by atoms with E-state index in [1.807, 2.05) is 4.90 Å². The number of hydrogen-bond acceptors (Lipinski definition) is 2. The molecule has 1 heterocycles. The van der Waals surface area contributed by atoms with Gasteiger partial charge in [0.2, 0.25) is 5.91 Å². The molecule has 1 N–H and O–H groups in total. The van der Waals surface area contributed by atoms with E-state index < -0.39 is 0 Å². The number of aliphatic hydroxyl groups excluding tert-OH is 1. The zero-order valence-corrected chi connectivity index (χ0v) is 9.32. The van der Waals surface area contributed by atoms with Gasteiger partial charge in [-0.05, 0) is 38.0 Å². The van der Waals surface area contributed by atoms with Crippen molar-refractivity contribution in [2.75, 3.05) is 13.2 Å². The summed E-state index contributed by atoms with van der Waals surface area (Å²) < 4.78 is 0. The molecule has 1 amide bonds. The zero-order chi connectivity index (χ0) is 10.7. The third kappa shape index (κ3) is 2.51. The van der Waals surface area contributed by atoms with Crippen molar-refractivity contribution in [2.24, 2.45) is 5.92 Å². The number of likely N-dealkylation sites (tertiary alicyclic amines) is 1. The van der Waals surface area contributed by atoms with Gasteiger partial charge in [-0.3, -0.25) is 4.79 Å². The molecule has 2 rings (SSSR count). The van der Waals surface area contributed by atoms with Crippen LogP contribution in [0.3, 0.4) is 0 Å². The molecule has 2 fully saturated rings. The van der Waals surface area contributed by atoms with Gasteiger partial charge in [0.15, 0.2) is 0 Å². The van der Waals surface area contributed by atoms with Crippen molar-refractivity contribution < 1.29 is 9.90 Å². The average molecular weight is 211 g/mol. The van der Waals surface area contributed by atoms with E-state index in [-0.39, 0.29) is 18.6 Å². The molecule has 0 radical (unpaired) electrons. The Morgan fingerprint density at radius 2 is 2.00 bits per heavy atom. The highest BCUT2D eigenvalue weighted by Gasteiger charge is 2.29. The summed E-state index contributed by atoms with van der Waals surface area (Å²) in [6.45, 7) is 0.993. The average Bonchev–Trinajstić information content (AvgIpc) is 2.23. The number of rotatable bonds is 3. The first-order chi connectivity index (χ1) is 7.31. The summed E-state index contributed by atoms with van der Waals surface area (Å²) in [6, 6.07) is 0.103. The van der Waals surface area contributed by atoms with Crippen LogP contribution in [0.5, 0.6) is 0 Å². The third-order valence-corrected chi connectivity index (χ3v) is 3.85. The lowest BCUT2D eigenvalue weighted by molar-refractivity contribution is -0.137. The fraction of sp³-hybridized carbons (Fsp3) is 0.917. The van der Waals surface area contributed by atoms with Gasteiger partial charge in [-0.2, -0.15) is 0 Å². The number of carbonyl (C=O) groups is 1. The molecule has 0 aromatic heterocycles. The molecular weight excluding hydrogens is 190 g/mol. The lowest BCUT2D eigenvalue weighted by atomic mass is 9.82. The van der Waals surface area contributed by atoms with Crippen molar-refractivity contribution >= 4 is 5.91 Å². The molecule has 1 aliphatic heterocycles. The van der Waals surface area contributed by atoms with Crippen LogP contribution in [0.15, 0.2) is 0 Å². The Morgan fingerprint density at radius 3 is 2.60 bits per heavy atom. The van der Waals surface area contributed by atoms with Crippen molar-refractivity contribution in [3.8, 4) is 0 Å². The molecule has 15 heavy (non-hydrogen) atoms. The number of hydrogen-bond donors (Lipinski definition) is 1. The molecule has 3 heteroatoms. The van der Waals surface area contributed by atoms with Crippen molar-refractivity contribution in [1.29, 1.82) is 0 Å². The number of piperidine rings is 1. The number of carbonyl (C=O) groups excluding carboxylic acids is 1. The Bertz CT molecular complexity index is 226. The van der Waals surface area contributed by atoms with Crippen LogP contribution in [0.25, 0.3) is 0 Å². The summed E-state index contributed by atoms with van der Waals surface area (Å²) in [7, 11) is 0. The van der Waals surface area contributed by atoms with Gasteiger partial charge in [-0.25, -0.2) is 0 Å². The third-order valence-electron chi connectivity index (χ3n) is 3.85. The van der Waals surface area contributed by atoms with E-state index in [1.165, 1.54) is 19.3 Å². The van der Waals surface area contributed by atoms with Crippen LogP contribution in [0.2, 0.25) is 0 Å². The van der Waals surface area contributed by atoms with Gasteiger partial charge in [0, 0.05) is 13.0 Å². The lowest BCUT2D eigenvalue weighted by Crippen LogP contribution is -2.46. The molecule has 1 aliphatic carbocycles. The minimum Gasteiger partial charge on any atom is -0.394 e. The number of amides is 1. The van der Waals surface area contributed by atoms with Crippen LogP contribution in [0.4, 0.5) is 0 Å². The fourth-order valence-corrected chi connectivity index (χ4v) is 2.58. The fourth-order valence-electron chi connectivity index (χ4n) is 2.58. The molecule has 1 unspecified atom stereocenters. The summed E-state index contributed by atoms with van der Waals surface area (Å²) in [4.78, 5) is 13.9. The SMILES string of the molecule is O=C(CC1CCC1)N1CCCCC1CO. The van der Waals surface area contributed by atoms with E-state index in [9.17, 15) is 9.90 Å². The largest absolute Gasteiger partial charge is 0.394 e. The van der Waals surface area contributed by atoms with Gasteiger partial charge < -0.3 is 10.0 Å². The summed E-state index contributed by atoms with van der Waals surface area (Å²) in [6.07, 6.45) is 7.70. The zero-order valence-electron chi connectivity index (χ0n) is 9.32. The van der Waals surface area contributed by atoms with E-state index in [4.69, 9.17) is 0 Å². The molecule has 2 aliphatic rings. The summed E-state index contributed by atoms with van der Waals surface area (Å²) in [5.41, 5.74) is 0. The van der Waals surface area contributed by atoms with Crippen LogP contribution in [0.1, 0.15) is 44.9 Å². The highest BCUT2D eigenvalue weighted by molar-refractivity contribution is 5.77. The second kappa shape index (κ2) is 4.97. The summed E-state index contributed by atoms with van der Waals surface area (Å²) in [5.74, 6) is 0.914. The molecule has 3 nitrogen and oxygen atoms in total. The van der Waals surface area contributed by atoms with E-state index >= 15 is 0 Å². The lowest BCUT2D eigenvalue weighted by Gasteiger charge is -2.36. The summed E-state index contributed by atoms with van der Waals surface area (Å²) >= 11 is 0. The number of nitrogens with zero attached hydrogens (tertiary/aromatic N) is 1. The maximum absolute atomic E-state index is 12.0. The summed E-state index contributed by atoms with van der Waals surface area (Å²) in [5, 5.41) is 9.22. The minimum absolute atomic E-state index is 0.103. The van der Waals surface area contributed by atoms with E-state index in [2.05, 4.69) is 0 Å². The maximum Gasteiger partial charge on any atom is 0.223 e. The van der Waals surface area contributed by atoms with Crippen molar-refractivity contribution in [3.05, 3.63) is 0 Å². The van der Waals surface area contributed by atoms with Crippen molar-refractivity contribution in [3.63, 3.8) is 0 Å². The van der Waals surface area contributed by atoms with Crippen LogP contribution in [0, 0.1) is 5.92 Å². The highest BCUT2D eigenvalue weighted by Crippen LogP contribution is 2.30. The van der Waals surface area contributed by atoms with Crippen molar-refractivity contribution in [1.82, 2.24) is 4.90 Å². The first-order valence-corrected chi connectivity index (χ1v) is 6.21. The standard InChI is InChI=1S/C12H21NO2/c14-9-11-6-1-2-7-13(11)12(15)8-10-4-3-5-10/h10-11,14H,1-9H2. The highest BCUT2D eigenvalue weighted by atomic mass is 16.3. The molecule has 86 valence electrons. The first-order valence-electron chi connectivity index (χ1n) is 6.21. The second-order valence-electron chi connectivity index (χ2n) is 4.92. The van der Waals surface area contributed by atoms with E-state index in [0.29, 0.717) is 5.92 Å². The van der Waals surface area contributed by atoms with Crippen LogP contribution in [-0.4, -0.2) is 35.1 Å². The molecule has 0 bridgehead atoms. The topological polar surface area (TPSA) is 40.5 Å². The Kier molecular flexibility index (Phi) is 3.62. The molecule has 1 atom stereocenters. The van der Waals surface area contributed by atoms with Gasteiger partial charge in [-0.1, -0.05) is 6.42 Å². The van der Waals surface area contributed by atoms with Gasteiger partial charge in [0.25, 0.3) is 0 Å². The van der Waals surface area contributed by atoms with Crippen LogP contribution >= 0.6 is 0 Å². The van der Waals surface area contributed by atoms with Crippen molar-refractivity contribution in [2.45, 2.75) is 51.0 Å². The monoisotopic (exact) mass is 211 g/mol. The van der Waals surface area contributed by atoms with E-state index in [0.717, 1.165) is 32.2 Å². The van der Waals surface area contributed by atoms with Crippen LogP contribution < -0.4 is 0 Å². The predicted molar refractivity (Wildman–Crippen MR) is 58.4 cm³/mol. The Morgan fingerprint density at radius 1 is 1.20 bits per heavy atom. The second-order valence-corrected chi connectivity index (χ2v) is 4.92. The quantitative estimate of drug-likeness (QED) is 0.769. The molecule has 0 aromatic rings. The Labute approximate surface area is 91.5 Å². The molecule has 1 saturated carbocycles. The van der Waals surface area contributed by atoms with Gasteiger partial charge in [0.1, 0.15) is 0 Å².